The fourth-order valence-corrected chi connectivity index (χ4v) is 2.17. The van der Waals surface area contributed by atoms with Crippen LogP contribution in [-0.4, -0.2) is 23.6 Å². The number of hydrogen-bond acceptors (Lipinski definition) is 4. The van der Waals surface area contributed by atoms with Gasteiger partial charge in [0.05, 0.1) is 10.7 Å². The van der Waals surface area contributed by atoms with Crippen LogP contribution in [0, 0.1) is 6.92 Å². The molecule has 0 radical (unpaired) electrons. The molecule has 21 heavy (non-hydrogen) atoms. The zero-order chi connectivity index (χ0) is 15.2. The van der Waals surface area contributed by atoms with Gasteiger partial charge in [-0.15, -0.1) is 0 Å². The number of hydrogen-bond donors (Lipinski definition) is 1. The fourth-order valence-electron chi connectivity index (χ4n) is 1.98. The van der Waals surface area contributed by atoms with Gasteiger partial charge in [0.2, 0.25) is 5.95 Å². The van der Waals surface area contributed by atoms with Crippen molar-refractivity contribution >= 4 is 29.1 Å². The second kappa shape index (κ2) is 7.27. The van der Waals surface area contributed by atoms with E-state index >= 15 is 0 Å². The first-order valence-electron chi connectivity index (χ1n) is 7.18. The van der Waals surface area contributed by atoms with Crippen molar-refractivity contribution in [1.82, 2.24) is 9.97 Å². The van der Waals surface area contributed by atoms with Gasteiger partial charge in [-0.05, 0) is 25.5 Å². The highest BCUT2D eigenvalue weighted by Crippen LogP contribution is 2.25. The summed E-state index contributed by atoms with van der Waals surface area (Å²) in [6, 6.07) is 9.55. The van der Waals surface area contributed by atoms with E-state index < -0.39 is 0 Å². The molecule has 112 valence electrons. The number of aryl methyl sites for hydroxylation is 1. The van der Waals surface area contributed by atoms with Crippen LogP contribution in [0.15, 0.2) is 30.3 Å². The summed E-state index contributed by atoms with van der Waals surface area (Å²) in [5, 5.41) is 3.93. The molecule has 1 aromatic heterocycles. The maximum atomic E-state index is 6.17. The van der Waals surface area contributed by atoms with Gasteiger partial charge in [0.25, 0.3) is 0 Å². The van der Waals surface area contributed by atoms with Crippen LogP contribution in [0.3, 0.4) is 0 Å². The quantitative estimate of drug-likeness (QED) is 0.858. The maximum absolute atomic E-state index is 6.17. The maximum Gasteiger partial charge on any atom is 0.227 e. The molecule has 0 amide bonds. The van der Waals surface area contributed by atoms with Gasteiger partial charge in [0.1, 0.15) is 5.82 Å². The van der Waals surface area contributed by atoms with E-state index in [1.165, 1.54) is 0 Å². The first-order valence-corrected chi connectivity index (χ1v) is 7.56. The minimum Gasteiger partial charge on any atom is -0.344 e. The number of para-hydroxylation sites is 1. The molecule has 4 nitrogen and oxygen atoms in total. The van der Waals surface area contributed by atoms with Gasteiger partial charge in [-0.2, -0.15) is 4.98 Å². The van der Waals surface area contributed by atoms with Gasteiger partial charge in [-0.25, -0.2) is 4.98 Å². The minimum atomic E-state index is 0.676. The van der Waals surface area contributed by atoms with Crippen LogP contribution in [0.1, 0.15) is 25.5 Å². The van der Waals surface area contributed by atoms with Crippen molar-refractivity contribution in [3.8, 4) is 0 Å². The molecule has 0 atom stereocenters. The number of rotatable bonds is 6. The Kier molecular flexibility index (Phi) is 5.39. The van der Waals surface area contributed by atoms with E-state index in [9.17, 15) is 0 Å². The molecule has 0 saturated carbocycles. The van der Waals surface area contributed by atoms with Gasteiger partial charge >= 0.3 is 0 Å². The van der Waals surface area contributed by atoms with Crippen LogP contribution < -0.4 is 10.2 Å². The molecule has 1 aromatic carbocycles. The van der Waals surface area contributed by atoms with Crippen molar-refractivity contribution in [1.29, 1.82) is 0 Å². The molecule has 0 unspecified atom stereocenters. The fraction of sp³-hybridized carbons (Fsp3) is 0.375. The molecule has 0 saturated heterocycles. The topological polar surface area (TPSA) is 41.1 Å². The van der Waals surface area contributed by atoms with Crippen molar-refractivity contribution < 1.29 is 0 Å². The second-order valence-corrected chi connectivity index (χ2v) is 5.48. The normalized spacial score (nSPS) is 10.5. The van der Waals surface area contributed by atoms with Crippen molar-refractivity contribution in [2.75, 3.05) is 23.8 Å². The predicted molar refractivity (Wildman–Crippen MR) is 89.7 cm³/mol. The first kappa shape index (κ1) is 15.6. The standard InChI is InChI=1S/C16H21ClN4/c1-4-5-10-21(3)16-18-12(2)11-15(20-16)19-14-9-7-6-8-13(14)17/h6-9,11H,4-5,10H2,1-3H3,(H,18,19,20). The summed E-state index contributed by atoms with van der Waals surface area (Å²) in [7, 11) is 2.02. The van der Waals surface area contributed by atoms with Crippen LogP contribution in [0.2, 0.25) is 5.02 Å². The van der Waals surface area contributed by atoms with Crippen LogP contribution in [0.4, 0.5) is 17.5 Å². The zero-order valence-corrected chi connectivity index (χ0v) is 13.5. The molecule has 2 aromatic rings. The van der Waals surface area contributed by atoms with E-state index in [0.717, 1.165) is 42.5 Å². The Morgan fingerprint density at radius 1 is 1.24 bits per heavy atom. The number of benzene rings is 1. The largest absolute Gasteiger partial charge is 0.344 e. The van der Waals surface area contributed by atoms with E-state index in [-0.39, 0.29) is 0 Å². The van der Waals surface area contributed by atoms with Crippen LogP contribution in [-0.2, 0) is 0 Å². The summed E-state index contributed by atoms with van der Waals surface area (Å²) >= 11 is 6.17. The highest BCUT2D eigenvalue weighted by atomic mass is 35.5. The Morgan fingerprint density at radius 3 is 2.71 bits per heavy atom. The van der Waals surface area contributed by atoms with Gasteiger partial charge in [-0.3, -0.25) is 0 Å². The number of unbranched alkanes of at least 4 members (excludes halogenated alkanes) is 1. The number of aromatic nitrogens is 2. The predicted octanol–water partition coefficient (Wildman–Crippen LogP) is 4.42. The third-order valence-corrected chi connectivity index (χ3v) is 3.50. The molecule has 5 heteroatoms. The van der Waals surface area contributed by atoms with Crippen molar-refractivity contribution in [3.05, 3.63) is 41.0 Å². The van der Waals surface area contributed by atoms with Gasteiger partial charge in [0.15, 0.2) is 0 Å². The van der Waals surface area contributed by atoms with E-state index in [2.05, 4.69) is 27.1 Å². The molecule has 0 fully saturated rings. The Hall–Kier alpha value is -1.81. The summed E-state index contributed by atoms with van der Waals surface area (Å²) in [5.41, 5.74) is 1.78. The van der Waals surface area contributed by atoms with Crippen LogP contribution in [0.5, 0.6) is 0 Å². The minimum absolute atomic E-state index is 0.676. The number of halogens is 1. The molecule has 2 rings (SSSR count). The summed E-state index contributed by atoms with van der Waals surface area (Å²) in [6.07, 6.45) is 2.28. The average Bonchev–Trinajstić information content (AvgIpc) is 2.46. The van der Waals surface area contributed by atoms with E-state index in [1.807, 2.05) is 44.3 Å². The zero-order valence-electron chi connectivity index (χ0n) is 12.7. The SMILES string of the molecule is CCCCN(C)c1nc(C)cc(Nc2ccccc2Cl)n1. The highest BCUT2D eigenvalue weighted by Gasteiger charge is 2.08. The first-order chi connectivity index (χ1) is 10.1. The van der Waals surface area contributed by atoms with Crippen LogP contribution >= 0.6 is 11.6 Å². The summed E-state index contributed by atoms with van der Waals surface area (Å²) < 4.78 is 0. The second-order valence-electron chi connectivity index (χ2n) is 5.07. The van der Waals surface area contributed by atoms with E-state index in [1.54, 1.807) is 0 Å². The smallest absolute Gasteiger partial charge is 0.227 e. The molecule has 0 aliphatic heterocycles. The monoisotopic (exact) mass is 304 g/mol. The summed E-state index contributed by atoms with van der Waals surface area (Å²) in [6.45, 7) is 5.09. The molecular weight excluding hydrogens is 284 g/mol. The molecule has 0 aliphatic rings. The van der Waals surface area contributed by atoms with Gasteiger partial charge in [0, 0.05) is 25.4 Å². The average molecular weight is 305 g/mol. The summed E-state index contributed by atoms with van der Waals surface area (Å²) in [4.78, 5) is 11.1. The Balaban J connectivity index is 2.21. The lowest BCUT2D eigenvalue weighted by atomic mass is 10.3. The molecule has 0 bridgehead atoms. The van der Waals surface area contributed by atoms with E-state index in [0.29, 0.717) is 5.02 Å². The van der Waals surface area contributed by atoms with Crippen molar-refractivity contribution in [2.45, 2.75) is 26.7 Å². The van der Waals surface area contributed by atoms with E-state index in [4.69, 9.17) is 11.6 Å². The lowest BCUT2D eigenvalue weighted by molar-refractivity contribution is 0.749. The lowest BCUT2D eigenvalue weighted by Crippen LogP contribution is -2.21. The molecular formula is C16H21ClN4. The van der Waals surface area contributed by atoms with Gasteiger partial charge < -0.3 is 10.2 Å². The Bertz CT molecular complexity index is 601. The Labute approximate surface area is 131 Å². The number of nitrogens with one attached hydrogen (secondary N) is 1. The highest BCUT2D eigenvalue weighted by molar-refractivity contribution is 6.33. The molecule has 0 spiro atoms. The third-order valence-electron chi connectivity index (χ3n) is 3.17. The van der Waals surface area contributed by atoms with Crippen molar-refractivity contribution in [3.63, 3.8) is 0 Å². The lowest BCUT2D eigenvalue weighted by Gasteiger charge is -2.18. The summed E-state index contributed by atoms with van der Waals surface area (Å²) in [5.74, 6) is 1.49. The molecule has 0 aliphatic carbocycles. The van der Waals surface area contributed by atoms with Gasteiger partial charge in [-0.1, -0.05) is 37.1 Å². The molecule has 1 N–H and O–H groups in total. The Morgan fingerprint density at radius 2 is 2.00 bits per heavy atom. The van der Waals surface area contributed by atoms with Crippen molar-refractivity contribution in [2.24, 2.45) is 0 Å². The number of nitrogens with zero attached hydrogens (tertiary/aromatic N) is 3. The van der Waals surface area contributed by atoms with Crippen LogP contribution in [0.25, 0.3) is 0 Å². The molecule has 1 heterocycles. The third kappa shape index (κ3) is 4.33. The number of anilines is 3.